The Hall–Kier alpha value is -3.94. The Morgan fingerprint density at radius 2 is 0.957 bits per heavy atom. The van der Waals surface area contributed by atoms with E-state index in [2.05, 4.69) is 213 Å². The normalized spacial score (nSPS) is 17.2. The Morgan fingerprint density at radius 3 is 1.55 bits per heavy atom. The molecule has 2 atom stereocenters. The molecule has 0 nitrogen and oxygen atoms in total. The summed E-state index contributed by atoms with van der Waals surface area (Å²) < 4.78 is -0.373. The number of rotatable bonds is 7. The number of benzene rings is 7. The Balaban J connectivity index is 1.48. The first-order valence-corrected chi connectivity index (χ1v) is 19.4. The van der Waals surface area contributed by atoms with Crippen LogP contribution in [0.5, 0.6) is 0 Å². The molecular weight excluding hydrogens is 697 g/mol. The quantitative estimate of drug-likeness (QED) is 0.114. The summed E-state index contributed by atoms with van der Waals surface area (Å²) in [5.41, 5.74) is 4.08. The van der Waals surface area contributed by atoms with Gasteiger partial charge in [0.15, 0.2) is 0 Å². The fourth-order valence-corrected chi connectivity index (χ4v) is 14.1. The van der Waals surface area contributed by atoms with Gasteiger partial charge in [0, 0.05) is 0 Å². The van der Waals surface area contributed by atoms with Crippen LogP contribution in [0.25, 0.3) is 16.8 Å². The molecule has 0 aliphatic heterocycles. The molecule has 0 bridgehead atoms. The van der Waals surface area contributed by atoms with Crippen molar-refractivity contribution in [1.29, 1.82) is 0 Å². The molecule has 1 aliphatic rings. The third-order valence-electron chi connectivity index (χ3n) is 9.04. The van der Waals surface area contributed by atoms with Crippen molar-refractivity contribution in [2.75, 3.05) is 0 Å². The number of allylic oxidation sites excluding steroid dienone is 1. The molecular formula is C44H33P2Pd. The maximum absolute atomic E-state index is 4.22. The van der Waals surface area contributed by atoms with E-state index in [0.717, 1.165) is 0 Å². The third-order valence-corrected chi connectivity index (χ3v) is 16.0. The van der Waals surface area contributed by atoms with Crippen LogP contribution in [0.2, 0.25) is 0 Å². The summed E-state index contributed by atoms with van der Waals surface area (Å²) in [6, 6.07) is 67.4. The van der Waals surface area contributed by atoms with Gasteiger partial charge in [0.1, 0.15) is 0 Å². The molecule has 0 aromatic heterocycles. The van der Waals surface area contributed by atoms with Crippen LogP contribution in [0.1, 0.15) is 22.6 Å². The van der Waals surface area contributed by atoms with Gasteiger partial charge in [0.2, 0.25) is 0 Å². The summed E-state index contributed by atoms with van der Waals surface area (Å²) in [5, 5.41) is 9.47. The van der Waals surface area contributed by atoms with E-state index in [1.54, 1.807) is 0 Å². The molecule has 0 saturated heterocycles. The monoisotopic (exact) mass is 729 g/mol. The summed E-state index contributed by atoms with van der Waals surface area (Å²) in [4.78, 5) is 0. The second-order valence-electron chi connectivity index (χ2n) is 11.8. The molecule has 7 aromatic carbocycles. The Kier molecular flexibility index (Phi) is 8.59. The summed E-state index contributed by atoms with van der Waals surface area (Å²) in [5.74, 6) is 0.0525. The van der Waals surface area contributed by atoms with Gasteiger partial charge in [-0.25, -0.2) is 0 Å². The van der Waals surface area contributed by atoms with Crippen molar-refractivity contribution in [3.8, 4) is 0 Å². The number of hydrogen-bond donors (Lipinski definition) is 0. The van der Waals surface area contributed by atoms with E-state index >= 15 is 0 Å². The summed E-state index contributed by atoms with van der Waals surface area (Å²) >= 11 is 4.22. The predicted molar refractivity (Wildman–Crippen MR) is 202 cm³/mol. The predicted octanol–water partition coefficient (Wildman–Crippen LogP) is 9.13. The Bertz CT molecular complexity index is 2090. The molecule has 229 valence electrons. The average Bonchev–Trinajstić information content (AvgIpc) is 3.14. The van der Waals surface area contributed by atoms with E-state index in [0.29, 0.717) is 0 Å². The van der Waals surface area contributed by atoms with Crippen LogP contribution in [0.4, 0.5) is 0 Å². The molecule has 3 heteroatoms. The molecule has 0 N–H and O–H groups in total. The second kappa shape index (κ2) is 13.3. The fraction of sp³-hybridized carbons (Fsp3) is 0.0455. The van der Waals surface area contributed by atoms with E-state index in [4.69, 9.17) is 0 Å². The van der Waals surface area contributed by atoms with Crippen molar-refractivity contribution in [2.45, 2.75) is 9.55 Å². The first-order valence-electron chi connectivity index (χ1n) is 16.0. The zero-order valence-electron chi connectivity index (χ0n) is 25.8. The van der Waals surface area contributed by atoms with Gasteiger partial charge in [-0.05, 0) is 0 Å². The van der Waals surface area contributed by atoms with Gasteiger partial charge in [-0.2, -0.15) is 0 Å². The van der Waals surface area contributed by atoms with Crippen LogP contribution < -0.4 is 26.5 Å². The molecule has 2 unspecified atom stereocenters. The van der Waals surface area contributed by atoms with E-state index < -0.39 is 15.8 Å². The standard InChI is InChI=1S/C44H33P2.Pd/c1-5-19-35(20-6-1)45(36-21-7-2-8-22-36)41-31-29-33-17-13-15-27-39(33)43(41)44-40-28-16-14-18-34(40)30-32-42(44)46(37-23-9-3-10-24-37)38-25-11-4-12-26-38;/h1-32,43H;. The molecule has 0 fully saturated rings. The van der Waals surface area contributed by atoms with E-state index in [1.165, 1.54) is 54.0 Å². The molecule has 0 spiro atoms. The van der Waals surface area contributed by atoms with Crippen LogP contribution in [0, 0.1) is 0 Å². The first-order chi connectivity index (χ1) is 23.2. The van der Waals surface area contributed by atoms with Crippen LogP contribution in [0.3, 0.4) is 0 Å². The molecule has 0 amide bonds. The van der Waals surface area contributed by atoms with Crippen molar-refractivity contribution in [2.24, 2.45) is 0 Å². The Labute approximate surface area is 291 Å². The third kappa shape index (κ3) is 5.68. The van der Waals surface area contributed by atoms with Crippen LogP contribution in [-0.4, -0.2) is 3.63 Å². The van der Waals surface area contributed by atoms with Gasteiger partial charge >= 0.3 is 293 Å². The van der Waals surface area contributed by atoms with Gasteiger partial charge in [-0.1, -0.05) is 0 Å². The van der Waals surface area contributed by atoms with Crippen LogP contribution in [0.15, 0.2) is 188 Å². The number of hydrogen-bond acceptors (Lipinski definition) is 0. The molecule has 0 radical (unpaired) electrons. The average molecular weight is 730 g/mol. The van der Waals surface area contributed by atoms with Gasteiger partial charge in [-0.15, -0.1) is 0 Å². The van der Waals surface area contributed by atoms with Crippen LogP contribution in [-0.2, 0) is 19.2 Å². The summed E-state index contributed by atoms with van der Waals surface area (Å²) in [6.07, 6.45) is 4.85. The van der Waals surface area contributed by atoms with Gasteiger partial charge in [0.25, 0.3) is 0 Å². The Morgan fingerprint density at radius 1 is 0.468 bits per heavy atom. The zero-order chi connectivity index (χ0) is 31.6. The minimum atomic E-state index is -0.880. The van der Waals surface area contributed by atoms with E-state index in [9.17, 15) is 0 Å². The molecule has 0 saturated carbocycles. The molecule has 7 aromatic rings. The maximum atomic E-state index is 4.22. The SMILES string of the molecule is [Pd][C]1(P(c2ccccc2)c2ccccc2)C=Cc2ccccc2C1c1c(P(c2ccccc2)c2ccccc2)ccc2ccccc12. The van der Waals surface area contributed by atoms with E-state index in [1.807, 2.05) is 0 Å². The van der Waals surface area contributed by atoms with Crippen molar-refractivity contribution in [3.63, 3.8) is 0 Å². The molecule has 47 heavy (non-hydrogen) atoms. The van der Waals surface area contributed by atoms with Gasteiger partial charge < -0.3 is 0 Å². The van der Waals surface area contributed by atoms with Crippen molar-refractivity contribution >= 4 is 59.2 Å². The topological polar surface area (TPSA) is 0 Å². The molecule has 8 rings (SSSR count). The first kappa shape index (κ1) is 30.4. The van der Waals surface area contributed by atoms with Gasteiger partial charge in [-0.3, -0.25) is 0 Å². The van der Waals surface area contributed by atoms with Crippen molar-refractivity contribution < 1.29 is 19.2 Å². The fourth-order valence-electron chi connectivity index (χ4n) is 7.03. The van der Waals surface area contributed by atoms with Gasteiger partial charge in [0.05, 0.1) is 0 Å². The summed E-state index contributed by atoms with van der Waals surface area (Å²) in [7, 11) is -1.74. The van der Waals surface area contributed by atoms with E-state index in [-0.39, 0.29) is 9.55 Å². The minimum absolute atomic E-state index is 0.0525. The second-order valence-corrected chi connectivity index (χ2v) is 18.3. The summed E-state index contributed by atoms with van der Waals surface area (Å²) in [6.45, 7) is 0. The number of fused-ring (bicyclic) bond motifs is 2. The zero-order valence-corrected chi connectivity index (χ0v) is 29.1. The van der Waals surface area contributed by atoms with Crippen molar-refractivity contribution in [3.05, 3.63) is 205 Å². The van der Waals surface area contributed by atoms with Crippen LogP contribution >= 0.6 is 15.8 Å². The van der Waals surface area contributed by atoms with Crippen molar-refractivity contribution in [1.82, 2.24) is 0 Å². The molecule has 0 heterocycles. The molecule has 1 aliphatic carbocycles.